The molecule has 0 saturated carbocycles. The fourth-order valence-corrected chi connectivity index (χ4v) is 3.55. The van der Waals surface area contributed by atoms with Crippen molar-refractivity contribution in [1.82, 2.24) is 10.6 Å². The Morgan fingerprint density at radius 2 is 0.941 bits per heavy atom. The molecular formula is C30H26N2O2. The average Bonchev–Trinajstić information content (AvgIpc) is 2.91. The van der Waals surface area contributed by atoms with E-state index in [1.165, 1.54) is 0 Å². The fraction of sp³-hybridized carbons (Fsp3) is 0.0667. The number of nitrogens with one attached hydrogen (secondary N) is 2. The molecule has 0 aromatic heterocycles. The third-order valence-corrected chi connectivity index (χ3v) is 5.41. The van der Waals surface area contributed by atoms with Crippen molar-refractivity contribution in [3.63, 3.8) is 0 Å². The summed E-state index contributed by atoms with van der Waals surface area (Å²) in [6, 6.07) is 37.1. The van der Waals surface area contributed by atoms with E-state index < -0.39 is 11.8 Å². The molecule has 0 aliphatic rings. The Morgan fingerprint density at radius 3 is 1.41 bits per heavy atom. The monoisotopic (exact) mass is 446 g/mol. The third-order valence-electron chi connectivity index (χ3n) is 5.41. The summed E-state index contributed by atoms with van der Waals surface area (Å²) < 4.78 is 0. The number of carbonyl (C=O) groups is 2. The van der Waals surface area contributed by atoms with E-state index in [-0.39, 0.29) is 5.57 Å². The minimum atomic E-state index is -0.415. The Hall–Kier alpha value is -4.44. The van der Waals surface area contributed by atoms with Gasteiger partial charge in [0.15, 0.2) is 0 Å². The highest BCUT2D eigenvalue weighted by Crippen LogP contribution is 2.20. The van der Waals surface area contributed by atoms with Crippen molar-refractivity contribution >= 4 is 17.9 Å². The van der Waals surface area contributed by atoms with Gasteiger partial charge in [0, 0.05) is 13.1 Å². The molecule has 4 heteroatoms. The molecule has 0 atom stereocenters. The zero-order chi connectivity index (χ0) is 23.6. The highest BCUT2D eigenvalue weighted by Gasteiger charge is 2.18. The summed E-state index contributed by atoms with van der Waals surface area (Å²) in [5.41, 5.74) is 4.96. The van der Waals surface area contributed by atoms with Crippen LogP contribution >= 0.6 is 0 Å². The zero-order valence-corrected chi connectivity index (χ0v) is 18.8. The number of rotatable bonds is 8. The van der Waals surface area contributed by atoms with Gasteiger partial charge < -0.3 is 10.6 Å². The van der Waals surface area contributed by atoms with E-state index in [2.05, 4.69) is 10.6 Å². The minimum absolute atomic E-state index is 0.0688. The molecule has 0 bridgehead atoms. The van der Waals surface area contributed by atoms with Crippen LogP contribution < -0.4 is 10.6 Å². The lowest BCUT2D eigenvalue weighted by Crippen LogP contribution is -2.34. The lowest BCUT2D eigenvalue weighted by molar-refractivity contribution is -0.123. The lowest BCUT2D eigenvalue weighted by Gasteiger charge is -2.11. The van der Waals surface area contributed by atoms with Gasteiger partial charge in [-0.15, -0.1) is 0 Å². The number of hydrogen-bond donors (Lipinski definition) is 2. The summed E-state index contributed by atoms with van der Waals surface area (Å²) in [5, 5.41) is 5.74. The molecule has 2 N–H and O–H groups in total. The minimum Gasteiger partial charge on any atom is -0.348 e. The third kappa shape index (κ3) is 6.30. The van der Waals surface area contributed by atoms with E-state index in [4.69, 9.17) is 0 Å². The van der Waals surface area contributed by atoms with E-state index >= 15 is 0 Å². The molecule has 4 aromatic rings. The van der Waals surface area contributed by atoms with Crippen LogP contribution in [0.4, 0.5) is 0 Å². The number of hydrogen-bond acceptors (Lipinski definition) is 2. The van der Waals surface area contributed by atoms with Gasteiger partial charge in [0.2, 0.25) is 0 Å². The molecule has 4 nitrogen and oxygen atoms in total. The molecular weight excluding hydrogens is 420 g/mol. The second kappa shape index (κ2) is 11.4. The highest BCUT2D eigenvalue weighted by atomic mass is 16.2. The van der Waals surface area contributed by atoms with Crippen LogP contribution in [-0.2, 0) is 22.7 Å². The van der Waals surface area contributed by atoms with Gasteiger partial charge in [0.25, 0.3) is 11.8 Å². The fourth-order valence-electron chi connectivity index (χ4n) is 3.55. The van der Waals surface area contributed by atoms with Crippen molar-refractivity contribution < 1.29 is 9.59 Å². The first-order chi connectivity index (χ1) is 16.7. The summed E-state index contributed by atoms with van der Waals surface area (Å²) in [6.45, 7) is 0.686. The van der Waals surface area contributed by atoms with Gasteiger partial charge in [-0.25, -0.2) is 0 Å². The van der Waals surface area contributed by atoms with Crippen LogP contribution in [0.5, 0.6) is 0 Å². The SMILES string of the molecule is O=C(NCc1ccccc1)C(=Cc1ccc(-c2ccccc2)cc1)C(=O)NCc1ccccc1. The van der Waals surface area contributed by atoms with E-state index in [9.17, 15) is 9.59 Å². The Labute approximate surface area is 200 Å². The molecule has 4 rings (SSSR count). The molecule has 0 fully saturated rings. The van der Waals surface area contributed by atoms with Gasteiger partial charge in [0.05, 0.1) is 0 Å². The Balaban J connectivity index is 1.53. The molecule has 4 aromatic carbocycles. The number of benzene rings is 4. The predicted molar refractivity (Wildman–Crippen MR) is 136 cm³/mol. The number of amides is 2. The summed E-state index contributed by atoms with van der Waals surface area (Å²) >= 11 is 0. The smallest absolute Gasteiger partial charge is 0.257 e. The van der Waals surface area contributed by atoms with Crippen molar-refractivity contribution in [2.75, 3.05) is 0 Å². The van der Waals surface area contributed by atoms with Gasteiger partial charge >= 0.3 is 0 Å². The molecule has 0 spiro atoms. The van der Waals surface area contributed by atoms with E-state index in [0.29, 0.717) is 13.1 Å². The first-order valence-electron chi connectivity index (χ1n) is 11.2. The second-order valence-corrected chi connectivity index (χ2v) is 7.88. The average molecular weight is 447 g/mol. The first kappa shape index (κ1) is 22.7. The molecule has 0 heterocycles. The maximum Gasteiger partial charge on any atom is 0.257 e. The van der Waals surface area contributed by atoms with Crippen molar-refractivity contribution in [2.45, 2.75) is 13.1 Å². The van der Waals surface area contributed by atoms with Gasteiger partial charge in [-0.1, -0.05) is 115 Å². The molecule has 34 heavy (non-hydrogen) atoms. The lowest BCUT2D eigenvalue weighted by atomic mass is 10.0. The van der Waals surface area contributed by atoms with E-state index in [0.717, 1.165) is 27.8 Å². The summed E-state index contributed by atoms with van der Waals surface area (Å²) in [7, 11) is 0. The highest BCUT2D eigenvalue weighted by molar-refractivity contribution is 6.21. The van der Waals surface area contributed by atoms with Gasteiger partial charge in [-0.3, -0.25) is 9.59 Å². The molecule has 0 unspecified atom stereocenters. The molecule has 0 aliphatic carbocycles. The van der Waals surface area contributed by atoms with Crippen molar-refractivity contribution in [1.29, 1.82) is 0 Å². The summed E-state index contributed by atoms with van der Waals surface area (Å²) in [6.07, 6.45) is 1.63. The maximum atomic E-state index is 13.0. The molecule has 0 saturated heterocycles. The summed E-state index contributed by atoms with van der Waals surface area (Å²) in [5.74, 6) is -0.830. The van der Waals surface area contributed by atoms with Crippen LogP contribution in [0.25, 0.3) is 17.2 Å². The predicted octanol–water partition coefficient (Wildman–Crippen LogP) is 5.37. The second-order valence-electron chi connectivity index (χ2n) is 7.88. The maximum absolute atomic E-state index is 13.0. The number of carbonyl (C=O) groups excluding carboxylic acids is 2. The molecule has 0 aliphatic heterocycles. The quantitative estimate of drug-likeness (QED) is 0.217. The largest absolute Gasteiger partial charge is 0.348 e. The molecule has 0 radical (unpaired) electrons. The van der Waals surface area contributed by atoms with Crippen LogP contribution in [0.15, 0.2) is 121 Å². The zero-order valence-electron chi connectivity index (χ0n) is 18.8. The normalized spacial score (nSPS) is 10.2. The summed E-state index contributed by atoms with van der Waals surface area (Å²) in [4.78, 5) is 26.0. The van der Waals surface area contributed by atoms with E-state index in [1.807, 2.05) is 115 Å². The van der Waals surface area contributed by atoms with Gasteiger partial charge in [-0.2, -0.15) is 0 Å². The van der Waals surface area contributed by atoms with Gasteiger partial charge in [0.1, 0.15) is 5.57 Å². The van der Waals surface area contributed by atoms with Crippen LogP contribution in [0, 0.1) is 0 Å². The van der Waals surface area contributed by atoms with Crippen LogP contribution in [0.1, 0.15) is 16.7 Å². The topological polar surface area (TPSA) is 58.2 Å². The van der Waals surface area contributed by atoms with E-state index in [1.54, 1.807) is 6.08 Å². The Morgan fingerprint density at radius 1 is 0.529 bits per heavy atom. The van der Waals surface area contributed by atoms with Gasteiger partial charge in [-0.05, 0) is 33.9 Å². The van der Waals surface area contributed by atoms with Crippen LogP contribution in [0.2, 0.25) is 0 Å². The standard InChI is InChI=1S/C30H26N2O2/c33-29(31-21-24-10-4-1-5-11-24)28(30(34)32-22-25-12-6-2-7-13-25)20-23-16-18-27(19-17-23)26-14-8-3-9-15-26/h1-20H,21-22H2,(H,31,33)(H,32,34). The van der Waals surface area contributed by atoms with Crippen LogP contribution in [0.3, 0.4) is 0 Å². The molecule has 2 amide bonds. The Bertz CT molecular complexity index is 1190. The van der Waals surface area contributed by atoms with Crippen molar-refractivity contribution in [3.05, 3.63) is 138 Å². The van der Waals surface area contributed by atoms with Crippen molar-refractivity contribution in [3.8, 4) is 11.1 Å². The van der Waals surface area contributed by atoms with Crippen molar-refractivity contribution in [2.24, 2.45) is 0 Å². The molecule has 168 valence electrons. The van der Waals surface area contributed by atoms with Crippen LogP contribution in [-0.4, -0.2) is 11.8 Å². The Kier molecular flexibility index (Phi) is 7.65. The first-order valence-corrected chi connectivity index (χ1v) is 11.2.